The molecule has 0 aromatic heterocycles. The number of rotatable bonds is 5. The predicted octanol–water partition coefficient (Wildman–Crippen LogP) is 1.37. The zero-order valence-electron chi connectivity index (χ0n) is 18.1. The smallest absolute Gasteiger partial charge is 0.348 e. The molecular weight excluding hydrogens is 476 g/mol. The zero-order valence-corrected chi connectivity index (χ0v) is 18.9. The number of nitrogens with zero attached hydrogens (tertiary/aromatic N) is 2. The van der Waals surface area contributed by atoms with Crippen molar-refractivity contribution in [3.8, 4) is 0 Å². The number of nitrogens with one attached hydrogen (secondary N) is 1. The van der Waals surface area contributed by atoms with E-state index in [1.54, 1.807) is 0 Å². The van der Waals surface area contributed by atoms with Gasteiger partial charge in [-0.3, -0.25) is 24.5 Å². The summed E-state index contributed by atoms with van der Waals surface area (Å²) in [5.41, 5.74) is -1.36. The first-order chi connectivity index (χ1) is 16.3. The molecule has 2 atom stereocenters. The molecule has 13 heteroatoms. The van der Waals surface area contributed by atoms with Crippen molar-refractivity contribution < 1.29 is 28.0 Å². The minimum atomic E-state index is -3.89. The molecule has 1 unspecified atom stereocenters. The van der Waals surface area contributed by atoms with Gasteiger partial charge in [-0.2, -0.15) is 8.78 Å². The fraction of sp³-hybridized carbons (Fsp3) is 0.273. The van der Waals surface area contributed by atoms with Gasteiger partial charge in [0.25, 0.3) is 11.8 Å². The van der Waals surface area contributed by atoms with E-state index in [1.807, 2.05) is 0 Å². The highest BCUT2D eigenvalue weighted by Gasteiger charge is 2.49. The summed E-state index contributed by atoms with van der Waals surface area (Å²) >= 11 is 5.71. The number of carbonyl (C=O) groups is 4. The zero-order chi connectivity index (χ0) is 25.7. The van der Waals surface area contributed by atoms with E-state index in [2.05, 4.69) is 5.32 Å². The molecule has 2 aliphatic rings. The van der Waals surface area contributed by atoms with Crippen LogP contribution in [0, 0.1) is 0 Å². The van der Waals surface area contributed by atoms with Gasteiger partial charge in [0.1, 0.15) is 7.85 Å². The van der Waals surface area contributed by atoms with Crippen LogP contribution >= 0.6 is 11.6 Å². The third kappa shape index (κ3) is 4.35. The van der Waals surface area contributed by atoms with E-state index in [-0.39, 0.29) is 30.1 Å². The second kappa shape index (κ2) is 8.82. The van der Waals surface area contributed by atoms with Gasteiger partial charge in [0.2, 0.25) is 19.8 Å². The molecule has 0 saturated carbocycles. The van der Waals surface area contributed by atoms with Crippen molar-refractivity contribution in [2.75, 3.05) is 0 Å². The number of hydrogen-bond donors (Lipinski definition) is 1. The number of alkyl halides is 2. The lowest BCUT2D eigenvalue weighted by Gasteiger charge is -2.42. The second-order valence-electron chi connectivity index (χ2n) is 8.45. The highest BCUT2D eigenvalue weighted by Crippen LogP contribution is 2.36. The SMILES string of the molecule is [B]C1C[C@]([B])(N2Cc3cc(CN([B])C(=O)C(F)(F)c4ccc(Cl)cc4)ccc3C2=O)C(=O)NC1=O. The molecular formula is C22H15B3ClF2N3O4. The van der Waals surface area contributed by atoms with Crippen LogP contribution in [0.15, 0.2) is 42.5 Å². The van der Waals surface area contributed by atoms with Crippen LogP contribution < -0.4 is 5.32 Å². The van der Waals surface area contributed by atoms with Crippen LogP contribution in [0.5, 0.6) is 0 Å². The Labute approximate surface area is 208 Å². The van der Waals surface area contributed by atoms with E-state index >= 15 is 0 Å². The van der Waals surface area contributed by atoms with Crippen molar-refractivity contribution in [3.05, 3.63) is 69.7 Å². The summed E-state index contributed by atoms with van der Waals surface area (Å²) in [6.07, 6.45) is -0.269. The Morgan fingerprint density at radius 2 is 1.86 bits per heavy atom. The standard InChI is InChI=1S/C22H15B3ClF2N3O4/c23-16-8-21(24,19(34)29-17(16)32)30-10-12-7-11(1-6-15(12)18(30)33)9-31(25)20(35)22(27,28)13-2-4-14(26)5-3-13/h1-7,16H,8-10H2,(H,29,32,34)/t16?,21-/m0/s1. The van der Waals surface area contributed by atoms with Gasteiger partial charge in [0, 0.05) is 35.1 Å². The molecule has 4 amide bonds. The van der Waals surface area contributed by atoms with Crippen molar-refractivity contribution in [2.24, 2.45) is 0 Å². The third-order valence-corrected chi connectivity index (χ3v) is 6.29. The van der Waals surface area contributed by atoms with Gasteiger partial charge in [0.15, 0.2) is 0 Å². The van der Waals surface area contributed by atoms with Crippen molar-refractivity contribution in [2.45, 2.75) is 36.7 Å². The van der Waals surface area contributed by atoms with Gasteiger partial charge in [-0.1, -0.05) is 35.9 Å². The lowest BCUT2D eigenvalue weighted by molar-refractivity contribution is -0.154. The van der Waals surface area contributed by atoms with E-state index in [1.165, 1.54) is 30.3 Å². The summed E-state index contributed by atoms with van der Waals surface area (Å²) in [4.78, 5) is 50.9. The molecule has 2 aromatic rings. The van der Waals surface area contributed by atoms with Gasteiger partial charge in [-0.15, -0.1) is 0 Å². The van der Waals surface area contributed by atoms with Crippen molar-refractivity contribution in [1.82, 2.24) is 15.0 Å². The number of amides is 4. The highest BCUT2D eigenvalue weighted by atomic mass is 35.5. The topological polar surface area (TPSA) is 86.8 Å². The monoisotopic (exact) mass is 491 g/mol. The van der Waals surface area contributed by atoms with Crippen molar-refractivity contribution in [1.29, 1.82) is 0 Å². The minimum Gasteiger partial charge on any atom is -0.387 e. The molecule has 1 fully saturated rings. The summed E-state index contributed by atoms with van der Waals surface area (Å²) in [6.45, 7) is -0.469. The molecule has 0 bridgehead atoms. The fourth-order valence-electron chi connectivity index (χ4n) is 4.09. The van der Waals surface area contributed by atoms with E-state index in [4.69, 9.17) is 35.3 Å². The summed E-state index contributed by atoms with van der Waals surface area (Å²) in [6, 6.07) is 8.94. The summed E-state index contributed by atoms with van der Waals surface area (Å²) in [5, 5.41) is 2.30. The molecule has 172 valence electrons. The predicted molar refractivity (Wildman–Crippen MR) is 124 cm³/mol. The van der Waals surface area contributed by atoms with Crippen LogP contribution in [0.25, 0.3) is 0 Å². The normalized spacial score (nSPS) is 22.1. The molecule has 2 aromatic carbocycles. The maximum atomic E-state index is 14.6. The number of hydrogen-bond acceptors (Lipinski definition) is 4. The number of piperidine rings is 1. The molecule has 35 heavy (non-hydrogen) atoms. The Bertz CT molecular complexity index is 1250. The summed E-state index contributed by atoms with van der Waals surface area (Å²) in [5.74, 6) is -8.69. The van der Waals surface area contributed by atoms with Gasteiger partial charge in [0.05, 0.1) is 13.3 Å². The number of halogens is 3. The number of imide groups is 1. The molecule has 7 nitrogen and oxygen atoms in total. The van der Waals surface area contributed by atoms with E-state index < -0.39 is 46.4 Å². The average molecular weight is 491 g/mol. The molecule has 1 N–H and O–H groups in total. The Morgan fingerprint density at radius 1 is 1.20 bits per heavy atom. The van der Waals surface area contributed by atoms with Crippen molar-refractivity contribution >= 4 is 58.9 Å². The van der Waals surface area contributed by atoms with Crippen LogP contribution in [0.4, 0.5) is 8.78 Å². The second-order valence-corrected chi connectivity index (χ2v) is 8.89. The van der Waals surface area contributed by atoms with E-state index in [0.29, 0.717) is 15.9 Å². The number of fused-ring (bicyclic) bond motifs is 1. The lowest BCUT2D eigenvalue weighted by Crippen LogP contribution is -2.64. The lowest BCUT2D eigenvalue weighted by atomic mass is 9.62. The molecule has 2 heterocycles. The Hall–Kier alpha value is -3.14. The first-order valence-corrected chi connectivity index (χ1v) is 10.8. The molecule has 1 saturated heterocycles. The first-order valence-electron chi connectivity index (χ1n) is 10.4. The Balaban J connectivity index is 1.51. The largest absolute Gasteiger partial charge is 0.387 e. The van der Waals surface area contributed by atoms with Gasteiger partial charge in [-0.05, 0) is 35.7 Å². The molecule has 0 aliphatic carbocycles. The molecule has 4 rings (SSSR count). The van der Waals surface area contributed by atoms with E-state index in [0.717, 1.165) is 17.0 Å². The molecule has 0 spiro atoms. The Kier molecular flexibility index (Phi) is 6.29. The van der Waals surface area contributed by atoms with Gasteiger partial charge in [-0.25, -0.2) is 0 Å². The first kappa shape index (κ1) is 25.0. The maximum absolute atomic E-state index is 14.6. The van der Waals surface area contributed by atoms with Crippen LogP contribution in [0.3, 0.4) is 0 Å². The molecule has 6 radical (unpaired) electrons. The average Bonchev–Trinajstić information content (AvgIpc) is 3.14. The van der Waals surface area contributed by atoms with Gasteiger partial charge < -0.3 is 9.71 Å². The molecule has 2 aliphatic heterocycles. The van der Waals surface area contributed by atoms with Crippen molar-refractivity contribution in [3.63, 3.8) is 0 Å². The highest BCUT2D eigenvalue weighted by molar-refractivity contribution is 6.36. The van der Waals surface area contributed by atoms with Crippen LogP contribution in [0.2, 0.25) is 10.8 Å². The number of benzene rings is 2. The van der Waals surface area contributed by atoms with Gasteiger partial charge >= 0.3 is 5.92 Å². The van der Waals surface area contributed by atoms with E-state index in [9.17, 15) is 28.0 Å². The third-order valence-electron chi connectivity index (χ3n) is 6.04. The van der Waals surface area contributed by atoms with Crippen LogP contribution in [0.1, 0.15) is 33.5 Å². The van der Waals surface area contributed by atoms with Crippen LogP contribution in [-0.4, -0.2) is 62.5 Å². The fourth-order valence-corrected chi connectivity index (χ4v) is 4.22. The Morgan fingerprint density at radius 3 is 2.51 bits per heavy atom. The van der Waals surface area contributed by atoms with Crippen LogP contribution in [-0.2, 0) is 33.4 Å². The minimum absolute atomic E-state index is 0.0910. The number of carbonyl (C=O) groups excluding carboxylic acids is 4. The summed E-state index contributed by atoms with van der Waals surface area (Å²) < 4.78 is 29.3. The maximum Gasteiger partial charge on any atom is 0.348 e. The summed E-state index contributed by atoms with van der Waals surface area (Å²) in [7, 11) is 17.6. The quantitative estimate of drug-likeness (QED) is 0.506.